The maximum absolute atomic E-state index is 13.5. The molecule has 11 heteroatoms. The van der Waals surface area contributed by atoms with E-state index in [4.69, 9.17) is 0 Å². The standard InChI is InChI=1S/C14H14F3N5O2S/c1-7(25-14-21-19-6-22(14)2)13(24)18-5-10(23)20-9-4-3-8(15)11(16)12(9)17/h3-4,6-7H,5H2,1-2H3,(H,18,24)(H,20,23). The Balaban J connectivity index is 1.86. The minimum Gasteiger partial charge on any atom is -0.346 e. The van der Waals surface area contributed by atoms with Crippen molar-refractivity contribution in [2.24, 2.45) is 7.05 Å². The maximum atomic E-state index is 13.5. The molecule has 0 aliphatic rings. The predicted molar refractivity (Wildman–Crippen MR) is 84.3 cm³/mol. The van der Waals surface area contributed by atoms with E-state index in [1.165, 1.54) is 6.33 Å². The molecule has 2 aromatic rings. The SMILES string of the molecule is CC(Sc1nncn1C)C(=O)NCC(=O)Nc1ccc(F)c(F)c1F. The predicted octanol–water partition coefficient (Wildman–Crippen LogP) is 1.47. The van der Waals surface area contributed by atoms with E-state index in [-0.39, 0.29) is 0 Å². The summed E-state index contributed by atoms with van der Waals surface area (Å²) in [5, 5.41) is 11.9. The van der Waals surface area contributed by atoms with Crippen LogP contribution in [0.15, 0.2) is 23.6 Å². The summed E-state index contributed by atoms with van der Waals surface area (Å²) < 4.78 is 41.0. The fraction of sp³-hybridized carbons (Fsp3) is 0.286. The van der Waals surface area contributed by atoms with Crippen LogP contribution in [-0.4, -0.2) is 38.4 Å². The van der Waals surface area contributed by atoms with E-state index in [1.807, 2.05) is 0 Å². The molecule has 1 unspecified atom stereocenters. The summed E-state index contributed by atoms with van der Waals surface area (Å²) in [6, 6.07) is 1.58. The van der Waals surface area contributed by atoms with Gasteiger partial charge < -0.3 is 15.2 Å². The van der Waals surface area contributed by atoms with Crippen LogP contribution in [-0.2, 0) is 16.6 Å². The van der Waals surface area contributed by atoms with E-state index < -0.39 is 46.7 Å². The number of aryl methyl sites for hydroxylation is 1. The molecular weight excluding hydrogens is 359 g/mol. The molecule has 0 bridgehead atoms. The molecule has 1 aromatic heterocycles. The number of aromatic nitrogens is 3. The molecule has 1 aromatic carbocycles. The Kier molecular flexibility index (Phi) is 6.02. The highest BCUT2D eigenvalue weighted by atomic mass is 32.2. The van der Waals surface area contributed by atoms with Crippen LogP contribution in [0.2, 0.25) is 0 Å². The van der Waals surface area contributed by atoms with Crippen LogP contribution in [0.25, 0.3) is 0 Å². The minimum atomic E-state index is -1.68. The van der Waals surface area contributed by atoms with Gasteiger partial charge >= 0.3 is 0 Å². The largest absolute Gasteiger partial charge is 0.346 e. The van der Waals surface area contributed by atoms with E-state index in [2.05, 4.69) is 20.8 Å². The Morgan fingerprint density at radius 1 is 1.28 bits per heavy atom. The molecule has 7 nitrogen and oxygen atoms in total. The van der Waals surface area contributed by atoms with Gasteiger partial charge in [0.1, 0.15) is 6.33 Å². The molecule has 25 heavy (non-hydrogen) atoms. The number of anilines is 1. The summed E-state index contributed by atoms with van der Waals surface area (Å²) in [6.07, 6.45) is 1.48. The fourth-order valence-corrected chi connectivity index (χ4v) is 2.53. The van der Waals surface area contributed by atoms with Gasteiger partial charge in [-0.3, -0.25) is 9.59 Å². The second-order valence-corrected chi connectivity index (χ2v) is 6.28. The molecule has 2 rings (SSSR count). The van der Waals surface area contributed by atoms with Crippen LogP contribution >= 0.6 is 11.8 Å². The van der Waals surface area contributed by atoms with Gasteiger partial charge in [-0.15, -0.1) is 10.2 Å². The molecule has 1 atom stereocenters. The summed E-state index contributed by atoms with van der Waals surface area (Å²) in [5.41, 5.74) is -0.514. The number of thioether (sulfide) groups is 1. The normalized spacial score (nSPS) is 11.9. The topological polar surface area (TPSA) is 88.9 Å². The van der Waals surface area contributed by atoms with E-state index >= 15 is 0 Å². The number of benzene rings is 1. The Morgan fingerprint density at radius 3 is 2.64 bits per heavy atom. The fourth-order valence-electron chi connectivity index (χ4n) is 1.72. The monoisotopic (exact) mass is 373 g/mol. The molecule has 0 fully saturated rings. The highest BCUT2D eigenvalue weighted by molar-refractivity contribution is 8.00. The molecule has 1 heterocycles. The second-order valence-electron chi connectivity index (χ2n) is 4.97. The Labute approximate surface area is 145 Å². The number of halogens is 3. The quantitative estimate of drug-likeness (QED) is 0.591. The average Bonchev–Trinajstić information content (AvgIpc) is 2.98. The van der Waals surface area contributed by atoms with Crippen molar-refractivity contribution in [2.45, 2.75) is 17.3 Å². The van der Waals surface area contributed by atoms with Gasteiger partial charge in [0.05, 0.1) is 17.5 Å². The number of carbonyl (C=O) groups is 2. The number of rotatable bonds is 6. The molecule has 134 valence electrons. The van der Waals surface area contributed by atoms with Crippen molar-refractivity contribution in [1.82, 2.24) is 20.1 Å². The van der Waals surface area contributed by atoms with Crippen LogP contribution < -0.4 is 10.6 Å². The summed E-state index contributed by atoms with van der Waals surface area (Å²) in [5.74, 6) is -5.79. The minimum absolute atomic E-state index is 0.450. The van der Waals surface area contributed by atoms with Crippen LogP contribution in [0.3, 0.4) is 0 Å². The van der Waals surface area contributed by atoms with E-state index in [0.29, 0.717) is 11.2 Å². The van der Waals surface area contributed by atoms with Crippen molar-refractivity contribution in [3.05, 3.63) is 35.9 Å². The van der Waals surface area contributed by atoms with Crippen molar-refractivity contribution in [3.8, 4) is 0 Å². The Morgan fingerprint density at radius 2 is 2.00 bits per heavy atom. The number of hydrogen-bond acceptors (Lipinski definition) is 5. The van der Waals surface area contributed by atoms with Crippen LogP contribution in [0, 0.1) is 17.5 Å². The second kappa shape index (κ2) is 8.01. The highest BCUT2D eigenvalue weighted by Gasteiger charge is 2.19. The molecule has 2 amide bonds. The summed E-state index contributed by atoms with van der Waals surface area (Å²) in [6.45, 7) is 1.16. The van der Waals surface area contributed by atoms with Crippen molar-refractivity contribution >= 4 is 29.3 Å². The number of carbonyl (C=O) groups excluding carboxylic acids is 2. The zero-order valence-corrected chi connectivity index (χ0v) is 14.0. The molecule has 0 saturated carbocycles. The summed E-state index contributed by atoms with van der Waals surface area (Å²) in [4.78, 5) is 23.7. The molecule has 0 spiro atoms. The first kappa shape index (κ1) is 18.8. The van der Waals surface area contributed by atoms with Gasteiger partial charge in [0.25, 0.3) is 0 Å². The first-order valence-electron chi connectivity index (χ1n) is 7.01. The van der Waals surface area contributed by atoms with E-state index in [1.54, 1.807) is 18.5 Å². The first-order chi connectivity index (χ1) is 11.8. The van der Waals surface area contributed by atoms with Crippen molar-refractivity contribution in [3.63, 3.8) is 0 Å². The van der Waals surface area contributed by atoms with Crippen molar-refractivity contribution in [1.29, 1.82) is 0 Å². The average molecular weight is 373 g/mol. The lowest BCUT2D eigenvalue weighted by atomic mass is 10.2. The molecule has 0 aliphatic heterocycles. The summed E-state index contributed by atoms with van der Waals surface area (Å²) in [7, 11) is 1.72. The van der Waals surface area contributed by atoms with Gasteiger partial charge in [0, 0.05) is 7.05 Å². The van der Waals surface area contributed by atoms with Gasteiger partial charge in [-0.05, 0) is 19.1 Å². The van der Waals surface area contributed by atoms with Gasteiger partial charge in [-0.25, -0.2) is 13.2 Å². The number of hydrogen-bond donors (Lipinski definition) is 2. The lowest BCUT2D eigenvalue weighted by Gasteiger charge is -2.12. The number of amides is 2. The maximum Gasteiger partial charge on any atom is 0.243 e. The Bertz CT molecular complexity index is 799. The third-order valence-corrected chi connectivity index (χ3v) is 4.20. The molecule has 0 aliphatic carbocycles. The summed E-state index contributed by atoms with van der Waals surface area (Å²) >= 11 is 1.14. The number of nitrogens with zero attached hydrogens (tertiary/aromatic N) is 3. The Hall–Kier alpha value is -2.56. The highest BCUT2D eigenvalue weighted by Crippen LogP contribution is 2.20. The van der Waals surface area contributed by atoms with Crippen molar-refractivity contribution < 1.29 is 22.8 Å². The third kappa shape index (κ3) is 4.72. The van der Waals surface area contributed by atoms with E-state index in [0.717, 1.165) is 17.8 Å². The smallest absolute Gasteiger partial charge is 0.243 e. The van der Waals surface area contributed by atoms with Crippen LogP contribution in [0.1, 0.15) is 6.92 Å². The lowest BCUT2D eigenvalue weighted by molar-refractivity contribution is -0.123. The zero-order valence-electron chi connectivity index (χ0n) is 13.2. The van der Waals surface area contributed by atoms with Crippen LogP contribution in [0.5, 0.6) is 0 Å². The van der Waals surface area contributed by atoms with Gasteiger partial charge in [-0.2, -0.15) is 0 Å². The molecule has 2 N–H and O–H groups in total. The number of nitrogens with one attached hydrogen (secondary N) is 2. The van der Waals surface area contributed by atoms with E-state index in [9.17, 15) is 22.8 Å². The lowest BCUT2D eigenvalue weighted by Crippen LogP contribution is -2.37. The zero-order chi connectivity index (χ0) is 18.6. The van der Waals surface area contributed by atoms with Gasteiger partial charge in [0.2, 0.25) is 11.8 Å². The van der Waals surface area contributed by atoms with Gasteiger partial charge in [0.15, 0.2) is 22.6 Å². The van der Waals surface area contributed by atoms with Crippen molar-refractivity contribution in [2.75, 3.05) is 11.9 Å². The molecular formula is C14H14F3N5O2S. The van der Waals surface area contributed by atoms with Gasteiger partial charge in [-0.1, -0.05) is 11.8 Å². The molecule has 0 radical (unpaired) electrons. The van der Waals surface area contributed by atoms with Crippen LogP contribution in [0.4, 0.5) is 18.9 Å². The first-order valence-corrected chi connectivity index (χ1v) is 7.89. The molecule has 0 saturated heterocycles. The third-order valence-electron chi connectivity index (χ3n) is 3.05.